The Bertz CT molecular complexity index is 749. The van der Waals surface area contributed by atoms with Gasteiger partial charge in [-0.1, -0.05) is 30.3 Å². The minimum atomic E-state index is -1.04. The zero-order chi connectivity index (χ0) is 24.0. The number of alkyl carbamates (subject to hydrolysis) is 3. The van der Waals surface area contributed by atoms with E-state index in [1.165, 1.54) is 0 Å². The van der Waals surface area contributed by atoms with E-state index in [0.717, 1.165) is 5.56 Å². The molecule has 11 heteroatoms. The fraction of sp³-hybridized carbons (Fsp3) is 0.524. The predicted molar refractivity (Wildman–Crippen MR) is 114 cm³/mol. The largest absolute Gasteiger partial charge is 0.481 e. The predicted octanol–water partition coefficient (Wildman–Crippen LogP) is 2.40. The molecule has 1 aromatic carbocycles. The average Bonchev–Trinajstić information content (AvgIpc) is 2.69. The van der Waals surface area contributed by atoms with E-state index in [-0.39, 0.29) is 39.1 Å². The van der Waals surface area contributed by atoms with Gasteiger partial charge in [0.1, 0.15) is 12.2 Å². The van der Waals surface area contributed by atoms with Crippen molar-refractivity contribution < 1.29 is 38.5 Å². The van der Waals surface area contributed by atoms with Gasteiger partial charge in [-0.2, -0.15) is 0 Å². The maximum Gasteiger partial charge on any atom is 0.407 e. The Balaban J connectivity index is 2.51. The van der Waals surface area contributed by atoms with Crippen molar-refractivity contribution in [3.63, 3.8) is 0 Å². The van der Waals surface area contributed by atoms with Gasteiger partial charge in [-0.05, 0) is 26.3 Å². The topological polar surface area (TPSA) is 152 Å². The van der Waals surface area contributed by atoms with Gasteiger partial charge in [-0.15, -0.1) is 0 Å². The van der Waals surface area contributed by atoms with Gasteiger partial charge in [0, 0.05) is 19.5 Å². The molecule has 178 valence electrons. The number of aliphatic carboxylic acids is 1. The van der Waals surface area contributed by atoms with Crippen LogP contribution in [-0.4, -0.2) is 60.7 Å². The Hall–Kier alpha value is -3.50. The summed E-state index contributed by atoms with van der Waals surface area (Å²) in [5, 5.41) is 16.0. The van der Waals surface area contributed by atoms with Crippen LogP contribution in [0.25, 0.3) is 0 Å². The number of benzene rings is 1. The lowest BCUT2D eigenvalue weighted by atomic mass is 10.2. The molecular weight excluding hydrogens is 422 g/mol. The lowest BCUT2D eigenvalue weighted by Gasteiger charge is -2.22. The van der Waals surface area contributed by atoms with Crippen molar-refractivity contribution in [3.8, 4) is 0 Å². The number of hydrogen-bond acceptors (Lipinski definition) is 7. The van der Waals surface area contributed by atoms with Crippen molar-refractivity contribution in [2.24, 2.45) is 0 Å². The molecule has 1 atom stereocenters. The Labute approximate surface area is 186 Å². The Morgan fingerprint density at radius 2 is 1.66 bits per heavy atom. The Morgan fingerprint density at radius 1 is 0.969 bits per heavy atom. The van der Waals surface area contributed by atoms with E-state index in [9.17, 15) is 19.2 Å². The van der Waals surface area contributed by atoms with Crippen LogP contribution < -0.4 is 16.0 Å². The van der Waals surface area contributed by atoms with Gasteiger partial charge in [0.25, 0.3) is 0 Å². The molecule has 11 nitrogen and oxygen atoms in total. The van der Waals surface area contributed by atoms with Gasteiger partial charge < -0.3 is 35.3 Å². The summed E-state index contributed by atoms with van der Waals surface area (Å²) in [6.07, 6.45) is -2.20. The second kappa shape index (κ2) is 13.7. The van der Waals surface area contributed by atoms with E-state index in [1.54, 1.807) is 20.8 Å². The molecule has 0 saturated carbocycles. The molecule has 0 aliphatic rings. The van der Waals surface area contributed by atoms with Crippen LogP contribution in [0.1, 0.15) is 39.2 Å². The summed E-state index contributed by atoms with van der Waals surface area (Å²) in [6.45, 7) is 5.10. The highest BCUT2D eigenvalue weighted by Gasteiger charge is 2.19. The SMILES string of the molecule is CC(C)(C)OC(=O)NC[C@@H](CCOC(=O)NCCC(=O)O)NC(=O)OCc1ccccc1. The number of amides is 3. The highest BCUT2D eigenvalue weighted by atomic mass is 16.6. The molecule has 0 bridgehead atoms. The molecule has 0 aliphatic carbocycles. The highest BCUT2D eigenvalue weighted by Crippen LogP contribution is 2.07. The second-order valence-corrected chi connectivity index (χ2v) is 7.78. The third-order valence-corrected chi connectivity index (χ3v) is 3.73. The van der Waals surface area contributed by atoms with E-state index < -0.39 is 35.9 Å². The van der Waals surface area contributed by atoms with Crippen LogP contribution in [0.2, 0.25) is 0 Å². The third-order valence-electron chi connectivity index (χ3n) is 3.73. The zero-order valence-electron chi connectivity index (χ0n) is 18.5. The number of ether oxygens (including phenoxy) is 3. The van der Waals surface area contributed by atoms with Crippen LogP contribution >= 0.6 is 0 Å². The molecule has 1 rings (SSSR count). The molecule has 0 radical (unpaired) electrons. The lowest BCUT2D eigenvalue weighted by Crippen LogP contribution is -2.45. The van der Waals surface area contributed by atoms with Crippen molar-refractivity contribution in [2.45, 2.75) is 51.9 Å². The van der Waals surface area contributed by atoms with E-state index in [0.29, 0.717) is 0 Å². The summed E-state index contributed by atoms with van der Waals surface area (Å²) >= 11 is 0. The smallest absolute Gasteiger partial charge is 0.407 e. The molecule has 32 heavy (non-hydrogen) atoms. The van der Waals surface area contributed by atoms with Crippen molar-refractivity contribution in [3.05, 3.63) is 35.9 Å². The van der Waals surface area contributed by atoms with Crippen LogP contribution in [0.3, 0.4) is 0 Å². The number of carboxylic acid groups (broad SMARTS) is 1. The van der Waals surface area contributed by atoms with Crippen molar-refractivity contribution >= 4 is 24.2 Å². The number of rotatable bonds is 11. The number of nitrogens with one attached hydrogen (secondary N) is 3. The van der Waals surface area contributed by atoms with E-state index in [4.69, 9.17) is 19.3 Å². The maximum atomic E-state index is 12.1. The minimum Gasteiger partial charge on any atom is -0.481 e. The monoisotopic (exact) mass is 453 g/mol. The first kappa shape index (κ1) is 26.5. The normalized spacial score (nSPS) is 11.6. The number of carboxylic acids is 1. The molecule has 0 heterocycles. The number of hydrogen-bond donors (Lipinski definition) is 4. The molecule has 4 N–H and O–H groups in total. The zero-order valence-corrected chi connectivity index (χ0v) is 18.5. The van der Waals surface area contributed by atoms with Crippen molar-refractivity contribution in [2.75, 3.05) is 19.7 Å². The average molecular weight is 453 g/mol. The second-order valence-electron chi connectivity index (χ2n) is 7.78. The van der Waals surface area contributed by atoms with Gasteiger partial charge in [0.15, 0.2) is 0 Å². The minimum absolute atomic E-state index is 0.0132. The molecule has 0 spiro atoms. The van der Waals surface area contributed by atoms with Gasteiger partial charge >= 0.3 is 24.2 Å². The van der Waals surface area contributed by atoms with E-state index >= 15 is 0 Å². The van der Waals surface area contributed by atoms with Gasteiger partial charge in [-0.25, -0.2) is 14.4 Å². The summed E-state index contributed by atoms with van der Waals surface area (Å²) in [6, 6.07) is 8.50. The molecule has 0 unspecified atom stereocenters. The van der Waals surface area contributed by atoms with Gasteiger partial charge in [-0.3, -0.25) is 4.79 Å². The van der Waals surface area contributed by atoms with Crippen LogP contribution in [0, 0.1) is 0 Å². The lowest BCUT2D eigenvalue weighted by molar-refractivity contribution is -0.136. The molecule has 1 aromatic rings. The summed E-state index contributed by atoms with van der Waals surface area (Å²) in [7, 11) is 0. The fourth-order valence-corrected chi connectivity index (χ4v) is 2.29. The Kier molecular flexibility index (Phi) is 11.4. The third kappa shape index (κ3) is 13.7. The molecule has 0 fully saturated rings. The molecule has 0 aromatic heterocycles. The van der Waals surface area contributed by atoms with Crippen molar-refractivity contribution in [1.82, 2.24) is 16.0 Å². The first-order chi connectivity index (χ1) is 15.0. The standard InChI is InChI=1S/C21H31N3O8/c1-21(2,3)32-19(28)23-13-16(10-12-30-18(27)22-11-9-17(25)26)24-20(29)31-14-15-7-5-4-6-8-15/h4-8,16H,9-14H2,1-3H3,(H,22,27)(H,23,28)(H,24,29)(H,25,26)/t16-/m1/s1. The van der Waals surface area contributed by atoms with Crippen LogP contribution in [0.4, 0.5) is 14.4 Å². The molecular formula is C21H31N3O8. The summed E-state index contributed by atoms with van der Waals surface area (Å²) in [5.41, 5.74) is 0.131. The van der Waals surface area contributed by atoms with Crippen LogP contribution in [0.15, 0.2) is 30.3 Å². The first-order valence-corrected chi connectivity index (χ1v) is 10.1. The fourth-order valence-electron chi connectivity index (χ4n) is 2.29. The highest BCUT2D eigenvalue weighted by molar-refractivity contribution is 5.70. The molecule has 3 amide bonds. The van der Waals surface area contributed by atoms with Crippen molar-refractivity contribution in [1.29, 1.82) is 0 Å². The maximum absolute atomic E-state index is 12.1. The van der Waals surface area contributed by atoms with Gasteiger partial charge in [0.2, 0.25) is 0 Å². The van der Waals surface area contributed by atoms with Crippen LogP contribution in [0.5, 0.6) is 0 Å². The van der Waals surface area contributed by atoms with E-state index in [2.05, 4.69) is 16.0 Å². The van der Waals surface area contributed by atoms with Crippen LogP contribution in [-0.2, 0) is 25.6 Å². The summed E-state index contributed by atoms with van der Waals surface area (Å²) in [5.74, 6) is -1.04. The first-order valence-electron chi connectivity index (χ1n) is 10.1. The quantitative estimate of drug-likeness (QED) is 0.373. The molecule has 0 saturated heterocycles. The number of carbonyl (C=O) groups is 4. The molecule has 0 aliphatic heterocycles. The van der Waals surface area contributed by atoms with E-state index in [1.807, 2.05) is 30.3 Å². The summed E-state index contributed by atoms with van der Waals surface area (Å²) < 4.78 is 15.3. The Morgan fingerprint density at radius 3 is 2.28 bits per heavy atom. The van der Waals surface area contributed by atoms with Gasteiger partial charge in [0.05, 0.1) is 19.1 Å². The summed E-state index contributed by atoms with van der Waals surface area (Å²) in [4.78, 5) is 46.1. The number of carbonyl (C=O) groups excluding carboxylic acids is 3.